The summed E-state index contributed by atoms with van der Waals surface area (Å²) < 4.78 is 5.25. The molecule has 0 aliphatic carbocycles. The van der Waals surface area contributed by atoms with E-state index in [0.29, 0.717) is 11.4 Å². The lowest BCUT2D eigenvalue weighted by Crippen LogP contribution is -2.30. The summed E-state index contributed by atoms with van der Waals surface area (Å²) in [6.45, 7) is 1.44. The number of nitro benzene ring substituents is 1. The number of nitrogens with one attached hydrogen (secondary N) is 2. The monoisotopic (exact) mass is 393 g/mol. The van der Waals surface area contributed by atoms with Crippen molar-refractivity contribution in [3.63, 3.8) is 0 Å². The maximum atomic E-state index is 12.5. The molecule has 29 heavy (non-hydrogen) atoms. The first-order valence-electron chi connectivity index (χ1n) is 8.86. The van der Waals surface area contributed by atoms with Crippen LogP contribution in [-0.4, -0.2) is 30.0 Å². The summed E-state index contributed by atoms with van der Waals surface area (Å²) in [4.78, 5) is 35.4. The third-order valence-corrected chi connectivity index (χ3v) is 4.40. The Balaban J connectivity index is 1.76. The van der Waals surface area contributed by atoms with Crippen molar-refractivity contribution in [1.29, 1.82) is 0 Å². The van der Waals surface area contributed by atoms with Gasteiger partial charge in [0.2, 0.25) is 0 Å². The fourth-order valence-corrected chi connectivity index (χ4v) is 2.88. The molecule has 8 nitrogen and oxygen atoms in total. The van der Waals surface area contributed by atoms with E-state index in [-0.39, 0.29) is 11.3 Å². The Bertz CT molecular complexity index is 1090. The molecule has 0 heterocycles. The van der Waals surface area contributed by atoms with E-state index in [9.17, 15) is 19.7 Å². The second-order valence-corrected chi connectivity index (χ2v) is 6.30. The zero-order chi connectivity index (χ0) is 21.0. The van der Waals surface area contributed by atoms with E-state index in [1.54, 1.807) is 13.1 Å². The molecule has 0 saturated heterocycles. The predicted molar refractivity (Wildman–Crippen MR) is 110 cm³/mol. The van der Waals surface area contributed by atoms with Gasteiger partial charge in [-0.05, 0) is 24.4 Å². The molecular weight excluding hydrogens is 374 g/mol. The van der Waals surface area contributed by atoms with Crippen molar-refractivity contribution in [2.24, 2.45) is 0 Å². The molecule has 3 rings (SSSR count). The molecular formula is C21H19N3O5. The van der Waals surface area contributed by atoms with Crippen molar-refractivity contribution < 1.29 is 19.2 Å². The summed E-state index contributed by atoms with van der Waals surface area (Å²) in [5.41, 5.74) is 0.694. The van der Waals surface area contributed by atoms with E-state index in [1.807, 2.05) is 36.4 Å². The molecule has 0 aliphatic rings. The van der Waals surface area contributed by atoms with Gasteiger partial charge in [0.25, 0.3) is 11.6 Å². The molecule has 0 unspecified atom stereocenters. The van der Waals surface area contributed by atoms with Gasteiger partial charge in [0.1, 0.15) is 0 Å². The van der Waals surface area contributed by atoms with Gasteiger partial charge in [-0.2, -0.15) is 0 Å². The number of non-ortho nitro benzene ring substituents is 1. The number of benzene rings is 3. The molecule has 3 aromatic rings. The number of fused-ring (bicyclic) bond motifs is 1. The Labute approximate surface area is 166 Å². The van der Waals surface area contributed by atoms with Crippen LogP contribution in [0, 0.1) is 10.1 Å². The average molecular weight is 393 g/mol. The highest BCUT2D eigenvalue weighted by Crippen LogP contribution is 2.25. The number of carbonyl (C=O) groups is 2. The first kappa shape index (κ1) is 19.8. The second kappa shape index (κ2) is 8.39. The minimum atomic E-state index is -1.11. The number of ether oxygens (including phenoxy) is 1. The van der Waals surface area contributed by atoms with E-state index in [0.717, 1.165) is 16.8 Å². The van der Waals surface area contributed by atoms with Gasteiger partial charge in [-0.15, -0.1) is 0 Å². The fraction of sp³-hybridized carbons (Fsp3) is 0.143. The summed E-state index contributed by atoms with van der Waals surface area (Å²) in [5.74, 6) is -1.34. The van der Waals surface area contributed by atoms with Gasteiger partial charge in [0, 0.05) is 35.9 Å². The lowest BCUT2D eigenvalue weighted by Gasteiger charge is -2.16. The molecule has 8 heteroatoms. The highest BCUT2D eigenvalue weighted by molar-refractivity contribution is 6.04. The number of hydrogen-bond acceptors (Lipinski definition) is 6. The van der Waals surface area contributed by atoms with Gasteiger partial charge in [0.15, 0.2) is 6.10 Å². The number of anilines is 2. The van der Waals surface area contributed by atoms with E-state index in [2.05, 4.69) is 10.6 Å². The largest absolute Gasteiger partial charge is 0.449 e. The smallest absolute Gasteiger partial charge is 0.341 e. The van der Waals surface area contributed by atoms with Crippen LogP contribution in [0.3, 0.4) is 0 Å². The van der Waals surface area contributed by atoms with E-state index in [4.69, 9.17) is 4.74 Å². The summed E-state index contributed by atoms with van der Waals surface area (Å²) in [7, 11) is 1.58. The van der Waals surface area contributed by atoms with Gasteiger partial charge in [0.05, 0.1) is 10.5 Å². The number of nitro groups is 1. The lowest BCUT2D eigenvalue weighted by molar-refractivity contribution is -0.384. The first-order valence-corrected chi connectivity index (χ1v) is 8.86. The molecule has 3 aromatic carbocycles. The van der Waals surface area contributed by atoms with Crippen LogP contribution in [0.1, 0.15) is 17.3 Å². The van der Waals surface area contributed by atoms with Gasteiger partial charge >= 0.3 is 5.97 Å². The van der Waals surface area contributed by atoms with E-state index < -0.39 is 22.9 Å². The van der Waals surface area contributed by atoms with Crippen molar-refractivity contribution >= 4 is 39.7 Å². The molecule has 1 atom stereocenters. The summed E-state index contributed by atoms with van der Waals surface area (Å²) in [6.07, 6.45) is -1.11. The number of hydrogen-bond donors (Lipinski definition) is 2. The minimum Gasteiger partial charge on any atom is -0.449 e. The number of rotatable bonds is 6. The van der Waals surface area contributed by atoms with Crippen molar-refractivity contribution in [1.82, 2.24) is 0 Å². The maximum absolute atomic E-state index is 12.5. The molecule has 2 N–H and O–H groups in total. The van der Waals surface area contributed by atoms with Crippen LogP contribution in [0.4, 0.5) is 17.1 Å². The van der Waals surface area contributed by atoms with E-state index >= 15 is 0 Å². The van der Waals surface area contributed by atoms with Crippen LogP contribution in [0.15, 0.2) is 60.7 Å². The normalized spacial score (nSPS) is 11.5. The fourth-order valence-electron chi connectivity index (χ4n) is 2.88. The molecule has 0 saturated carbocycles. The van der Waals surface area contributed by atoms with Crippen molar-refractivity contribution in [3.8, 4) is 0 Å². The van der Waals surface area contributed by atoms with Crippen LogP contribution in [0.2, 0.25) is 0 Å². The Morgan fingerprint density at radius 2 is 1.76 bits per heavy atom. The predicted octanol–water partition coefficient (Wildman–Crippen LogP) is 3.97. The molecule has 0 spiro atoms. The minimum absolute atomic E-state index is 0.0217. The Morgan fingerprint density at radius 1 is 1.03 bits per heavy atom. The van der Waals surface area contributed by atoms with Gasteiger partial charge in [-0.3, -0.25) is 14.9 Å². The molecule has 0 fully saturated rings. The van der Waals surface area contributed by atoms with Crippen molar-refractivity contribution in [2.45, 2.75) is 13.0 Å². The van der Waals surface area contributed by atoms with Crippen LogP contribution in [0.25, 0.3) is 10.8 Å². The van der Waals surface area contributed by atoms with Crippen LogP contribution in [0.5, 0.6) is 0 Å². The summed E-state index contributed by atoms with van der Waals surface area (Å²) in [5, 5.41) is 18.3. The SMILES string of the molecule is CNc1ccc([N+](=O)[O-])cc1C(=O)O[C@@H](C)C(=O)Nc1cccc2ccccc12. The third-order valence-electron chi connectivity index (χ3n) is 4.40. The highest BCUT2D eigenvalue weighted by atomic mass is 16.6. The third kappa shape index (κ3) is 4.32. The Kier molecular flexibility index (Phi) is 5.73. The molecule has 148 valence electrons. The van der Waals surface area contributed by atoms with Gasteiger partial charge < -0.3 is 15.4 Å². The molecule has 0 aliphatic heterocycles. The van der Waals surface area contributed by atoms with Crippen LogP contribution < -0.4 is 10.6 Å². The molecule has 0 radical (unpaired) electrons. The molecule has 1 amide bonds. The first-order chi connectivity index (χ1) is 13.9. The second-order valence-electron chi connectivity index (χ2n) is 6.30. The number of esters is 1. The quantitative estimate of drug-likeness (QED) is 0.372. The topological polar surface area (TPSA) is 111 Å². The molecule has 0 aromatic heterocycles. The average Bonchev–Trinajstić information content (AvgIpc) is 2.73. The van der Waals surface area contributed by atoms with Gasteiger partial charge in [-0.1, -0.05) is 36.4 Å². The number of carbonyl (C=O) groups excluding carboxylic acids is 2. The number of nitrogens with zero attached hydrogens (tertiary/aromatic N) is 1. The number of amides is 1. The Hall–Kier alpha value is -3.94. The summed E-state index contributed by atoms with van der Waals surface area (Å²) >= 11 is 0. The molecule has 0 bridgehead atoms. The van der Waals surface area contributed by atoms with Gasteiger partial charge in [-0.25, -0.2) is 4.79 Å². The highest BCUT2D eigenvalue weighted by Gasteiger charge is 2.23. The van der Waals surface area contributed by atoms with Crippen molar-refractivity contribution in [3.05, 3.63) is 76.3 Å². The van der Waals surface area contributed by atoms with Crippen LogP contribution >= 0.6 is 0 Å². The van der Waals surface area contributed by atoms with Crippen molar-refractivity contribution in [2.75, 3.05) is 17.7 Å². The maximum Gasteiger partial charge on any atom is 0.341 e. The lowest BCUT2D eigenvalue weighted by atomic mass is 10.1. The van der Waals surface area contributed by atoms with Crippen LogP contribution in [-0.2, 0) is 9.53 Å². The zero-order valence-corrected chi connectivity index (χ0v) is 15.8. The Morgan fingerprint density at radius 3 is 2.48 bits per heavy atom. The summed E-state index contributed by atoms with van der Waals surface area (Å²) in [6, 6.07) is 16.9. The standard InChI is InChI=1S/C21H19N3O5/c1-13(20(25)23-19-9-5-7-14-6-3-4-8-16(14)19)29-21(26)17-12-15(24(27)28)10-11-18(17)22-2/h3-13,22H,1-2H3,(H,23,25)/t13-/m0/s1. The zero-order valence-electron chi connectivity index (χ0n) is 15.8. The van der Waals surface area contributed by atoms with E-state index in [1.165, 1.54) is 19.1 Å².